The molecule has 0 saturated carbocycles. The molecule has 0 aliphatic carbocycles. The van der Waals surface area contributed by atoms with Gasteiger partial charge in [0.2, 0.25) is 0 Å². The van der Waals surface area contributed by atoms with Crippen molar-refractivity contribution in [2.45, 2.75) is 0 Å². The Morgan fingerprint density at radius 2 is 1.30 bits per heavy atom. The lowest BCUT2D eigenvalue weighted by Crippen LogP contribution is -2.04. The van der Waals surface area contributed by atoms with Crippen LogP contribution in [-0.2, 0) is 0 Å². The van der Waals surface area contributed by atoms with Gasteiger partial charge in [0.15, 0.2) is 0 Å². The smallest absolute Gasteiger partial charge is 0.0134 e. The molecule has 0 aliphatic rings. The van der Waals surface area contributed by atoms with Crippen LogP contribution >= 0.6 is 0 Å². The van der Waals surface area contributed by atoms with Crippen molar-refractivity contribution in [3.8, 4) is 0 Å². The predicted octanol–water partition coefficient (Wildman–Crippen LogP) is 0.538. The number of allylic oxidation sites excluding steroid dienone is 2. The van der Waals surface area contributed by atoms with Crippen LogP contribution in [0.2, 0.25) is 0 Å². The fourth-order valence-corrected chi connectivity index (χ4v) is 0.529. The molecule has 2 nitrogen and oxygen atoms in total. The highest BCUT2D eigenvalue weighted by Gasteiger charge is 1.68. The van der Waals surface area contributed by atoms with Crippen LogP contribution in [0.25, 0.3) is 0 Å². The van der Waals surface area contributed by atoms with E-state index in [4.69, 9.17) is 0 Å². The molecule has 0 aromatic heterocycles. The molecular weight excluding hydrogens is 124 g/mol. The molecule has 0 fully saturated rings. The van der Waals surface area contributed by atoms with E-state index in [9.17, 15) is 0 Å². The second-order valence-corrected chi connectivity index (χ2v) is 1.97. The van der Waals surface area contributed by atoms with Gasteiger partial charge >= 0.3 is 0 Å². The summed E-state index contributed by atoms with van der Waals surface area (Å²) < 4.78 is 0. The molecule has 0 heterocycles. The lowest BCUT2D eigenvalue weighted by atomic mass is 10.4. The molecule has 0 radical (unpaired) electrons. The Morgan fingerprint density at radius 3 is 1.60 bits per heavy atom. The molecule has 2 heteroatoms. The van der Waals surface area contributed by atoms with Crippen molar-refractivity contribution in [1.82, 2.24) is 10.6 Å². The van der Waals surface area contributed by atoms with Gasteiger partial charge in [-0.25, -0.2) is 0 Å². The van der Waals surface area contributed by atoms with Crippen molar-refractivity contribution in [3.63, 3.8) is 0 Å². The van der Waals surface area contributed by atoms with Gasteiger partial charge in [0.05, 0.1) is 0 Å². The molecule has 0 unspecified atom stereocenters. The van der Waals surface area contributed by atoms with Crippen LogP contribution in [0.3, 0.4) is 0 Å². The van der Waals surface area contributed by atoms with Crippen molar-refractivity contribution in [1.29, 1.82) is 0 Å². The van der Waals surface area contributed by atoms with E-state index < -0.39 is 0 Å². The average Bonchev–Trinajstić information content (AvgIpc) is 1.97. The molecule has 0 spiro atoms. The second kappa shape index (κ2) is 8.40. The normalized spacial score (nSPS) is 11.8. The zero-order valence-corrected chi connectivity index (χ0v) is 6.72. The Kier molecular flexibility index (Phi) is 7.90. The predicted molar refractivity (Wildman–Crippen MR) is 46.1 cm³/mol. The molecule has 0 amide bonds. The SMILES string of the molecule is CNC/C=C\C=C/CNC. The summed E-state index contributed by atoms with van der Waals surface area (Å²) in [5.41, 5.74) is 0. The van der Waals surface area contributed by atoms with E-state index in [1.807, 2.05) is 26.2 Å². The Hall–Kier alpha value is -0.600. The highest BCUT2D eigenvalue weighted by atomic mass is 14.8. The quantitative estimate of drug-likeness (QED) is 0.545. The van der Waals surface area contributed by atoms with E-state index in [-0.39, 0.29) is 0 Å². The summed E-state index contributed by atoms with van der Waals surface area (Å²) >= 11 is 0. The van der Waals surface area contributed by atoms with Crippen molar-refractivity contribution in [2.24, 2.45) is 0 Å². The molecule has 0 aromatic rings. The molecule has 58 valence electrons. The van der Waals surface area contributed by atoms with Gasteiger partial charge in [-0.2, -0.15) is 0 Å². The summed E-state index contributed by atoms with van der Waals surface area (Å²) in [6.45, 7) is 1.87. The fourth-order valence-electron chi connectivity index (χ4n) is 0.529. The minimum Gasteiger partial charge on any atom is -0.316 e. The zero-order valence-electron chi connectivity index (χ0n) is 6.72. The standard InChI is InChI=1S/C8H16N2/c1-9-7-5-3-4-6-8-10-2/h3-6,9-10H,7-8H2,1-2H3/b5-3-,6-4-. The first-order valence-electron chi connectivity index (χ1n) is 3.52. The molecule has 0 saturated heterocycles. The molecular formula is C8H16N2. The Balaban J connectivity index is 3.15. The first kappa shape index (κ1) is 9.40. The maximum absolute atomic E-state index is 3.02. The highest BCUT2D eigenvalue weighted by molar-refractivity contribution is 5.03. The van der Waals surface area contributed by atoms with Crippen molar-refractivity contribution < 1.29 is 0 Å². The minimum atomic E-state index is 0.934. The number of rotatable bonds is 5. The van der Waals surface area contributed by atoms with E-state index >= 15 is 0 Å². The summed E-state index contributed by atoms with van der Waals surface area (Å²) in [6.07, 6.45) is 8.22. The van der Waals surface area contributed by atoms with Crippen LogP contribution in [0.4, 0.5) is 0 Å². The van der Waals surface area contributed by atoms with Gasteiger partial charge in [-0.05, 0) is 14.1 Å². The molecule has 10 heavy (non-hydrogen) atoms. The van der Waals surface area contributed by atoms with Crippen LogP contribution in [0.15, 0.2) is 24.3 Å². The number of hydrogen-bond acceptors (Lipinski definition) is 2. The minimum absolute atomic E-state index is 0.934. The van der Waals surface area contributed by atoms with Crippen LogP contribution in [0, 0.1) is 0 Å². The summed E-state index contributed by atoms with van der Waals surface area (Å²) in [6, 6.07) is 0. The third kappa shape index (κ3) is 7.40. The molecule has 0 rings (SSSR count). The number of hydrogen-bond donors (Lipinski definition) is 2. The molecule has 0 bridgehead atoms. The fraction of sp³-hybridized carbons (Fsp3) is 0.500. The van der Waals surface area contributed by atoms with Crippen molar-refractivity contribution in [2.75, 3.05) is 27.2 Å². The van der Waals surface area contributed by atoms with E-state index in [0.717, 1.165) is 13.1 Å². The summed E-state index contributed by atoms with van der Waals surface area (Å²) in [5, 5.41) is 6.04. The van der Waals surface area contributed by atoms with E-state index in [0.29, 0.717) is 0 Å². The van der Waals surface area contributed by atoms with Gasteiger partial charge in [0.1, 0.15) is 0 Å². The molecule has 0 atom stereocenters. The first-order valence-corrected chi connectivity index (χ1v) is 3.52. The van der Waals surface area contributed by atoms with Gasteiger partial charge in [0, 0.05) is 13.1 Å². The zero-order chi connectivity index (χ0) is 7.66. The summed E-state index contributed by atoms with van der Waals surface area (Å²) in [7, 11) is 3.86. The topological polar surface area (TPSA) is 24.1 Å². The third-order valence-corrected chi connectivity index (χ3v) is 1.03. The van der Waals surface area contributed by atoms with Gasteiger partial charge in [-0.1, -0.05) is 24.3 Å². The average molecular weight is 140 g/mol. The van der Waals surface area contributed by atoms with Gasteiger partial charge in [0.25, 0.3) is 0 Å². The first-order chi connectivity index (χ1) is 4.91. The molecule has 0 aromatic carbocycles. The summed E-state index contributed by atoms with van der Waals surface area (Å²) in [4.78, 5) is 0. The lowest BCUT2D eigenvalue weighted by molar-refractivity contribution is 0.916. The number of nitrogens with one attached hydrogen (secondary N) is 2. The number of likely N-dealkylation sites (N-methyl/N-ethyl adjacent to an activating group) is 2. The Bertz CT molecular complexity index is 91.8. The van der Waals surface area contributed by atoms with Crippen LogP contribution in [0.1, 0.15) is 0 Å². The van der Waals surface area contributed by atoms with Gasteiger partial charge < -0.3 is 10.6 Å². The lowest BCUT2D eigenvalue weighted by Gasteiger charge is -1.86. The monoisotopic (exact) mass is 140 g/mol. The van der Waals surface area contributed by atoms with E-state index in [2.05, 4.69) is 22.8 Å². The van der Waals surface area contributed by atoms with Crippen molar-refractivity contribution >= 4 is 0 Å². The maximum atomic E-state index is 3.02. The third-order valence-electron chi connectivity index (χ3n) is 1.03. The Labute approximate surface area is 63.0 Å². The van der Waals surface area contributed by atoms with Gasteiger partial charge in [-0.15, -0.1) is 0 Å². The van der Waals surface area contributed by atoms with E-state index in [1.165, 1.54) is 0 Å². The van der Waals surface area contributed by atoms with Crippen LogP contribution < -0.4 is 10.6 Å². The Morgan fingerprint density at radius 1 is 0.900 bits per heavy atom. The van der Waals surface area contributed by atoms with Crippen LogP contribution in [-0.4, -0.2) is 27.2 Å². The van der Waals surface area contributed by atoms with Crippen molar-refractivity contribution in [3.05, 3.63) is 24.3 Å². The molecule has 2 N–H and O–H groups in total. The largest absolute Gasteiger partial charge is 0.316 e. The maximum Gasteiger partial charge on any atom is 0.0134 e. The summed E-state index contributed by atoms with van der Waals surface area (Å²) in [5.74, 6) is 0. The van der Waals surface area contributed by atoms with Crippen LogP contribution in [0.5, 0.6) is 0 Å². The highest BCUT2D eigenvalue weighted by Crippen LogP contribution is 1.74. The molecule has 0 aliphatic heterocycles. The van der Waals surface area contributed by atoms with Gasteiger partial charge in [-0.3, -0.25) is 0 Å². The van der Waals surface area contributed by atoms with E-state index in [1.54, 1.807) is 0 Å². The second-order valence-electron chi connectivity index (χ2n) is 1.97.